The number of guanidine groups is 1. The number of nitrogens with zero attached hydrogens (tertiary/aromatic N) is 1. The van der Waals surface area contributed by atoms with Crippen molar-refractivity contribution in [3.8, 4) is 5.75 Å². The van der Waals surface area contributed by atoms with Crippen molar-refractivity contribution in [1.82, 2.24) is 16.0 Å². The predicted molar refractivity (Wildman–Crippen MR) is 114 cm³/mol. The molecule has 6 heteroatoms. The number of ether oxygens (including phenoxy) is 1. The number of aliphatic imine (C=N–C) groups is 1. The highest BCUT2D eigenvalue weighted by molar-refractivity contribution is 5.94. The third-order valence-corrected chi connectivity index (χ3v) is 4.17. The lowest BCUT2D eigenvalue weighted by Crippen LogP contribution is -2.41. The van der Waals surface area contributed by atoms with E-state index in [4.69, 9.17) is 4.74 Å². The highest BCUT2D eigenvalue weighted by Crippen LogP contribution is 2.17. The number of rotatable bonds is 9. The molecule has 0 atom stereocenters. The number of hydrogen-bond donors (Lipinski definition) is 3. The van der Waals surface area contributed by atoms with Gasteiger partial charge >= 0.3 is 0 Å². The quantitative estimate of drug-likeness (QED) is 0.354. The van der Waals surface area contributed by atoms with Crippen molar-refractivity contribution in [3.63, 3.8) is 0 Å². The van der Waals surface area contributed by atoms with E-state index in [9.17, 15) is 4.79 Å². The van der Waals surface area contributed by atoms with Crippen LogP contribution >= 0.6 is 0 Å². The Labute approximate surface area is 167 Å². The van der Waals surface area contributed by atoms with Crippen molar-refractivity contribution in [2.24, 2.45) is 4.99 Å². The monoisotopic (exact) mass is 382 g/mol. The zero-order valence-electron chi connectivity index (χ0n) is 16.9. The molecule has 6 nitrogen and oxygen atoms in total. The zero-order valence-corrected chi connectivity index (χ0v) is 16.9. The molecule has 0 saturated carbocycles. The maximum atomic E-state index is 12.2. The Hall–Kier alpha value is -3.02. The van der Waals surface area contributed by atoms with E-state index >= 15 is 0 Å². The maximum Gasteiger partial charge on any atom is 0.251 e. The molecule has 3 N–H and O–H groups in total. The summed E-state index contributed by atoms with van der Waals surface area (Å²) in [6.07, 6.45) is 0.796. The fraction of sp³-hybridized carbons (Fsp3) is 0.364. The Morgan fingerprint density at radius 3 is 2.57 bits per heavy atom. The van der Waals surface area contributed by atoms with Crippen LogP contribution in [-0.4, -0.2) is 45.2 Å². The van der Waals surface area contributed by atoms with Crippen molar-refractivity contribution >= 4 is 11.9 Å². The van der Waals surface area contributed by atoms with Gasteiger partial charge in [-0.3, -0.25) is 9.79 Å². The van der Waals surface area contributed by atoms with Crippen LogP contribution in [0.4, 0.5) is 0 Å². The summed E-state index contributed by atoms with van der Waals surface area (Å²) in [5.74, 6) is 1.56. The van der Waals surface area contributed by atoms with Crippen molar-refractivity contribution in [2.45, 2.75) is 20.3 Å². The molecule has 0 radical (unpaired) electrons. The van der Waals surface area contributed by atoms with Crippen LogP contribution < -0.4 is 20.7 Å². The summed E-state index contributed by atoms with van der Waals surface area (Å²) in [5, 5.41) is 9.39. The largest absolute Gasteiger partial charge is 0.496 e. The van der Waals surface area contributed by atoms with Gasteiger partial charge in [0.05, 0.1) is 7.11 Å². The van der Waals surface area contributed by atoms with Crippen molar-refractivity contribution in [3.05, 3.63) is 65.2 Å². The van der Waals surface area contributed by atoms with Crippen molar-refractivity contribution < 1.29 is 9.53 Å². The molecule has 0 saturated heterocycles. The molecule has 28 heavy (non-hydrogen) atoms. The minimum absolute atomic E-state index is 0.0661. The van der Waals surface area contributed by atoms with Crippen molar-refractivity contribution in [1.29, 1.82) is 0 Å². The molecule has 0 bridgehead atoms. The Morgan fingerprint density at radius 2 is 1.82 bits per heavy atom. The molecule has 0 fully saturated rings. The van der Waals surface area contributed by atoms with Gasteiger partial charge in [-0.2, -0.15) is 0 Å². The standard InChI is InChI=1S/C22H30N4O2/c1-4-23-22(25-13-12-18-9-5-6-11-20(18)28-3)26-15-14-24-21(27)19-10-7-8-17(2)16-19/h5-11,16H,4,12-15H2,1-3H3,(H,24,27)(H2,23,25,26). The van der Waals surface area contributed by atoms with Crippen LogP contribution in [0.3, 0.4) is 0 Å². The number of carbonyl (C=O) groups is 1. The Morgan fingerprint density at radius 1 is 1.04 bits per heavy atom. The first-order chi connectivity index (χ1) is 13.6. The lowest BCUT2D eigenvalue weighted by Gasteiger charge is -2.12. The first kappa shape index (κ1) is 21.3. The van der Waals surface area contributed by atoms with Gasteiger partial charge in [0.1, 0.15) is 5.75 Å². The Kier molecular flexibility index (Phi) is 8.85. The van der Waals surface area contributed by atoms with Crippen LogP contribution in [0.2, 0.25) is 0 Å². The highest BCUT2D eigenvalue weighted by atomic mass is 16.5. The average Bonchev–Trinajstić information content (AvgIpc) is 2.71. The third kappa shape index (κ3) is 6.95. The molecular weight excluding hydrogens is 352 g/mol. The molecule has 0 aromatic heterocycles. The maximum absolute atomic E-state index is 12.2. The second-order valence-electron chi connectivity index (χ2n) is 6.37. The van der Waals surface area contributed by atoms with Gasteiger partial charge in [-0.15, -0.1) is 0 Å². The number of aryl methyl sites for hydroxylation is 1. The zero-order chi connectivity index (χ0) is 20.2. The van der Waals surface area contributed by atoms with E-state index in [-0.39, 0.29) is 5.91 Å². The number of hydrogen-bond acceptors (Lipinski definition) is 3. The summed E-state index contributed by atoms with van der Waals surface area (Å²) in [6.45, 7) is 6.53. The topological polar surface area (TPSA) is 74.8 Å². The minimum atomic E-state index is -0.0661. The number of benzene rings is 2. The van der Waals surface area contributed by atoms with E-state index in [1.165, 1.54) is 0 Å². The highest BCUT2D eigenvalue weighted by Gasteiger charge is 2.05. The van der Waals surface area contributed by atoms with E-state index in [1.807, 2.05) is 56.3 Å². The molecule has 150 valence electrons. The van der Waals surface area contributed by atoms with E-state index in [0.29, 0.717) is 25.2 Å². The molecule has 1 amide bonds. The number of amides is 1. The molecule has 2 rings (SSSR count). The normalized spacial score (nSPS) is 11.0. The number of carbonyl (C=O) groups excluding carboxylic acids is 1. The van der Waals surface area contributed by atoms with Crippen LogP contribution in [0.1, 0.15) is 28.4 Å². The van der Waals surface area contributed by atoms with E-state index < -0.39 is 0 Å². The second kappa shape index (κ2) is 11.6. The van der Waals surface area contributed by atoms with E-state index in [0.717, 1.165) is 35.8 Å². The SMILES string of the molecule is CCNC(=NCCc1ccccc1OC)NCCNC(=O)c1cccc(C)c1. The number of nitrogens with one attached hydrogen (secondary N) is 3. The summed E-state index contributed by atoms with van der Waals surface area (Å²) in [4.78, 5) is 16.8. The first-order valence-corrected chi connectivity index (χ1v) is 9.63. The summed E-state index contributed by atoms with van der Waals surface area (Å²) in [7, 11) is 1.68. The molecule has 2 aromatic carbocycles. The summed E-state index contributed by atoms with van der Waals surface area (Å²) < 4.78 is 5.38. The second-order valence-corrected chi connectivity index (χ2v) is 6.37. The fourth-order valence-corrected chi connectivity index (χ4v) is 2.78. The molecule has 0 heterocycles. The van der Waals surface area contributed by atoms with Gasteiger partial charge in [-0.05, 0) is 44.0 Å². The van der Waals surface area contributed by atoms with E-state index in [2.05, 4.69) is 27.0 Å². The Bertz CT molecular complexity index is 790. The van der Waals surface area contributed by atoms with E-state index in [1.54, 1.807) is 7.11 Å². The van der Waals surface area contributed by atoms with Crippen LogP contribution in [0.15, 0.2) is 53.5 Å². The number of methoxy groups -OCH3 is 1. The van der Waals surface area contributed by atoms with Gasteiger partial charge in [-0.1, -0.05) is 35.9 Å². The molecule has 0 unspecified atom stereocenters. The predicted octanol–water partition coefficient (Wildman–Crippen LogP) is 2.53. The fourth-order valence-electron chi connectivity index (χ4n) is 2.78. The van der Waals surface area contributed by atoms with Crippen LogP contribution in [0.25, 0.3) is 0 Å². The third-order valence-electron chi connectivity index (χ3n) is 4.17. The van der Waals surface area contributed by atoms with Crippen LogP contribution in [-0.2, 0) is 6.42 Å². The minimum Gasteiger partial charge on any atom is -0.496 e. The molecule has 0 aliphatic rings. The molecule has 0 aliphatic carbocycles. The first-order valence-electron chi connectivity index (χ1n) is 9.63. The van der Waals surface area contributed by atoms with Gasteiger partial charge in [0.15, 0.2) is 5.96 Å². The van der Waals surface area contributed by atoms with Crippen molar-refractivity contribution in [2.75, 3.05) is 33.3 Å². The van der Waals surface area contributed by atoms with Gasteiger partial charge in [-0.25, -0.2) is 0 Å². The Balaban J connectivity index is 1.78. The smallest absolute Gasteiger partial charge is 0.251 e. The molecular formula is C22H30N4O2. The van der Waals surface area contributed by atoms with Gasteiger partial charge in [0.2, 0.25) is 0 Å². The lowest BCUT2D eigenvalue weighted by molar-refractivity contribution is 0.0954. The van der Waals surface area contributed by atoms with Gasteiger partial charge in [0.25, 0.3) is 5.91 Å². The van der Waals surface area contributed by atoms with Gasteiger partial charge in [0, 0.05) is 31.7 Å². The summed E-state index contributed by atoms with van der Waals surface area (Å²) >= 11 is 0. The van der Waals surface area contributed by atoms with Gasteiger partial charge < -0.3 is 20.7 Å². The average molecular weight is 383 g/mol. The number of para-hydroxylation sites is 1. The summed E-state index contributed by atoms with van der Waals surface area (Å²) in [5.41, 5.74) is 2.88. The molecule has 2 aromatic rings. The molecule has 0 aliphatic heterocycles. The summed E-state index contributed by atoms with van der Waals surface area (Å²) in [6, 6.07) is 15.5. The molecule has 0 spiro atoms. The van der Waals surface area contributed by atoms with Crippen LogP contribution in [0.5, 0.6) is 5.75 Å². The lowest BCUT2D eigenvalue weighted by atomic mass is 10.1. The van der Waals surface area contributed by atoms with Crippen LogP contribution in [0, 0.1) is 6.92 Å².